The first-order valence-electron chi connectivity index (χ1n) is 9.61. The van der Waals surface area contributed by atoms with Crippen LogP contribution < -0.4 is 10.6 Å². The smallest absolute Gasteiger partial charge is 0.410 e. The third-order valence-corrected chi connectivity index (χ3v) is 5.37. The number of carbonyl (C=O) groups is 1. The van der Waals surface area contributed by atoms with E-state index in [-0.39, 0.29) is 18.2 Å². The zero-order valence-corrected chi connectivity index (χ0v) is 15.5. The van der Waals surface area contributed by atoms with Crippen LogP contribution in [0.5, 0.6) is 0 Å². The summed E-state index contributed by atoms with van der Waals surface area (Å²) in [6.45, 7) is 4.67. The van der Waals surface area contributed by atoms with Crippen LogP contribution in [0.25, 0.3) is 0 Å². The lowest BCUT2D eigenvalue weighted by atomic mass is 10.0. The molecule has 0 spiro atoms. The molecule has 2 unspecified atom stereocenters. The van der Waals surface area contributed by atoms with Crippen molar-refractivity contribution in [2.24, 2.45) is 5.73 Å². The molecule has 1 aromatic carbocycles. The van der Waals surface area contributed by atoms with Gasteiger partial charge in [0.25, 0.3) is 0 Å². The van der Waals surface area contributed by atoms with Crippen molar-refractivity contribution in [1.29, 1.82) is 5.26 Å². The number of unbranched alkanes of at least 4 members (excludes halogenated alkanes) is 1. The maximum atomic E-state index is 12.4. The van der Waals surface area contributed by atoms with Crippen LogP contribution in [0.2, 0.25) is 0 Å². The molecule has 1 aromatic rings. The van der Waals surface area contributed by atoms with Gasteiger partial charge in [0.1, 0.15) is 6.07 Å². The maximum Gasteiger partial charge on any atom is 0.410 e. The SMILES string of the molecule is CCCCOC(=O)N1C2CCC1CN(c1ccc(CCN)cc1C#N)C2. The highest BCUT2D eigenvalue weighted by atomic mass is 16.6. The van der Waals surface area contributed by atoms with Gasteiger partial charge in [-0.2, -0.15) is 5.26 Å². The molecule has 2 saturated heterocycles. The molecule has 6 nitrogen and oxygen atoms in total. The third-order valence-electron chi connectivity index (χ3n) is 5.37. The Morgan fingerprint density at radius 3 is 2.69 bits per heavy atom. The summed E-state index contributed by atoms with van der Waals surface area (Å²) < 4.78 is 5.44. The van der Waals surface area contributed by atoms with Crippen molar-refractivity contribution < 1.29 is 9.53 Å². The van der Waals surface area contributed by atoms with Crippen molar-refractivity contribution in [1.82, 2.24) is 4.90 Å². The molecular weight excluding hydrogens is 328 g/mol. The molecule has 2 aliphatic rings. The summed E-state index contributed by atoms with van der Waals surface area (Å²) in [4.78, 5) is 16.6. The molecule has 0 aliphatic carbocycles. The molecule has 2 atom stereocenters. The van der Waals surface area contributed by atoms with Crippen LogP contribution in [-0.4, -0.2) is 49.3 Å². The minimum atomic E-state index is -0.176. The summed E-state index contributed by atoms with van der Waals surface area (Å²) in [6.07, 6.45) is 4.52. The zero-order chi connectivity index (χ0) is 18.5. The average Bonchev–Trinajstić information content (AvgIpc) is 2.92. The second-order valence-electron chi connectivity index (χ2n) is 7.17. The Bertz CT molecular complexity index is 671. The number of nitriles is 1. The van der Waals surface area contributed by atoms with Gasteiger partial charge in [-0.3, -0.25) is 4.90 Å². The van der Waals surface area contributed by atoms with Gasteiger partial charge >= 0.3 is 6.09 Å². The van der Waals surface area contributed by atoms with Crippen molar-refractivity contribution in [3.8, 4) is 6.07 Å². The molecule has 140 valence electrons. The van der Waals surface area contributed by atoms with Gasteiger partial charge in [0.2, 0.25) is 0 Å². The van der Waals surface area contributed by atoms with Crippen LogP contribution in [0.15, 0.2) is 18.2 Å². The lowest BCUT2D eigenvalue weighted by Gasteiger charge is -2.41. The van der Waals surface area contributed by atoms with E-state index in [9.17, 15) is 10.1 Å². The highest BCUT2D eigenvalue weighted by molar-refractivity contribution is 5.70. The van der Waals surface area contributed by atoms with Crippen LogP contribution in [0.3, 0.4) is 0 Å². The van der Waals surface area contributed by atoms with Gasteiger partial charge in [-0.1, -0.05) is 19.4 Å². The van der Waals surface area contributed by atoms with Crippen molar-refractivity contribution in [3.63, 3.8) is 0 Å². The summed E-state index contributed by atoms with van der Waals surface area (Å²) in [5.41, 5.74) is 8.37. The monoisotopic (exact) mass is 356 g/mol. The molecule has 3 rings (SSSR count). The van der Waals surface area contributed by atoms with E-state index in [2.05, 4.69) is 24.0 Å². The highest BCUT2D eigenvalue weighted by Crippen LogP contribution is 2.34. The van der Waals surface area contributed by atoms with Gasteiger partial charge in [0.05, 0.1) is 29.9 Å². The number of amides is 1. The van der Waals surface area contributed by atoms with E-state index in [1.54, 1.807) is 0 Å². The van der Waals surface area contributed by atoms with E-state index in [1.807, 2.05) is 17.0 Å². The standard InChI is InChI=1S/C20H28N4O2/c1-2-3-10-26-20(25)24-17-5-6-18(24)14-23(13-17)19-7-4-15(8-9-21)11-16(19)12-22/h4,7,11,17-18H,2-3,5-6,8-10,13-14,21H2,1H3. The predicted octanol–water partition coefficient (Wildman–Crippen LogP) is 2.65. The second kappa shape index (κ2) is 8.41. The highest BCUT2D eigenvalue weighted by Gasteiger charge is 2.43. The van der Waals surface area contributed by atoms with Crippen LogP contribution in [0, 0.1) is 11.3 Å². The fourth-order valence-corrected chi connectivity index (χ4v) is 4.05. The van der Waals surface area contributed by atoms with Gasteiger partial charge in [-0.15, -0.1) is 0 Å². The van der Waals surface area contributed by atoms with Crippen LogP contribution in [0.1, 0.15) is 43.7 Å². The van der Waals surface area contributed by atoms with Crippen LogP contribution in [-0.2, 0) is 11.2 Å². The molecule has 2 fully saturated rings. The number of fused-ring (bicyclic) bond motifs is 2. The Labute approximate surface area is 155 Å². The quantitative estimate of drug-likeness (QED) is 0.792. The first kappa shape index (κ1) is 18.5. The predicted molar refractivity (Wildman–Crippen MR) is 101 cm³/mol. The number of nitrogens with zero attached hydrogens (tertiary/aromatic N) is 3. The van der Waals surface area contributed by atoms with Gasteiger partial charge in [0.15, 0.2) is 0 Å². The summed E-state index contributed by atoms with van der Waals surface area (Å²) >= 11 is 0. The number of rotatable bonds is 6. The molecule has 26 heavy (non-hydrogen) atoms. The number of hydrogen-bond acceptors (Lipinski definition) is 5. The summed E-state index contributed by atoms with van der Waals surface area (Å²) in [5, 5.41) is 9.56. The first-order chi connectivity index (χ1) is 12.7. The number of piperazine rings is 1. The number of anilines is 1. The van der Waals surface area contributed by atoms with E-state index in [4.69, 9.17) is 10.5 Å². The molecule has 6 heteroatoms. The van der Waals surface area contributed by atoms with Crippen molar-refractivity contribution in [2.75, 3.05) is 31.1 Å². The molecular formula is C20H28N4O2. The number of carbonyl (C=O) groups excluding carboxylic acids is 1. The molecule has 1 amide bonds. The average molecular weight is 356 g/mol. The molecule has 2 N–H and O–H groups in total. The summed E-state index contributed by atoms with van der Waals surface area (Å²) in [5.74, 6) is 0. The zero-order valence-electron chi connectivity index (χ0n) is 15.5. The maximum absolute atomic E-state index is 12.4. The number of benzene rings is 1. The Hall–Kier alpha value is -2.26. The minimum absolute atomic E-state index is 0.165. The topological polar surface area (TPSA) is 82.6 Å². The molecule has 0 aromatic heterocycles. The molecule has 0 saturated carbocycles. The Morgan fingerprint density at radius 1 is 1.35 bits per heavy atom. The fraction of sp³-hybridized carbons (Fsp3) is 0.600. The van der Waals surface area contributed by atoms with Gasteiger partial charge < -0.3 is 15.4 Å². The van der Waals surface area contributed by atoms with Crippen molar-refractivity contribution >= 4 is 11.8 Å². The van der Waals surface area contributed by atoms with E-state index in [0.29, 0.717) is 18.7 Å². The Balaban J connectivity index is 1.71. The normalized spacial score (nSPS) is 21.6. The summed E-state index contributed by atoms with van der Waals surface area (Å²) in [6, 6.07) is 8.67. The molecule has 0 radical (unpaired) electrons. The molecule has 2 bridgehead atoms. The van der Waals surface area contributed by atoms with E-state index in [0.717, 1.165) is 56.4 Å². The lowest BCUT2D eigenvalue weighted by molar-refractivity contribution is 0.0777. The van der Waals surface area contributed by atoms with Crippen LogP contribution >= 0.6 is 0 Å². The Kier molecular flexibility index (Phi) is 6.00. The Morgan fingerprint density at radius 2 is 2.08 bits per heavy atom. The first-order valence-corrected chi connectivity index (χ1v) is 9.61. The van der Waals surface area contributed by atoms with E-state index < -0.39 is 0 Å². The minimum Gasteiger partial charge on any atom is -0.449 e. The number of hydrogen-bond donors (Lipinski definition) is 1. The third kappa shape index (κ3) is 3.78. The van der Waals surface area contributed by atoms with Crippen LogP contribution in [0.4, 0.5) is 10.5 Å². The second-order valence-corrected chi connectivity index (χ2v) is 7.17. The lowest BCUT2D eigenvalue weighted by Crippen LogP contribution is -2.56. The molecule has 2 heterocycles. The number of ether oxygens (including phenoxy) is 1. The largest absolute Gasteiger partial charge is 0.449 e. The number of nitrogens with two attached hydrogens (primary N) is 1. The molecule has 2 aliphatic heterocycles. The van der Waals surface area contributed by atoms with Gasteiger partial charge in [-0.25, -0.2) is 4.79 Å². The van der Waals surface area contributed by atoms with E-state index >= 15 is 0 Å². The fourth-order valence-electron chi connectivity index (χ4n) is 4.05. The van der Waals surface area contributed by atoms with Gasteiger partial charge in [-0.05, 0) is 49.9 Å². The van der Waals surface area contributed by atoms with Crippen molar-refractivity contribution in [2.45, 2.75) is 51.1 Å². The van der Waals surface area contributed by atoms with Gasteiger partial charge in [0, 0.05) is 13.1 Å². The van der Waals surface area contributed by atoms with E-state index in [1.165, 1.54) is 0 Å². The van der Waals surface area contributed by atoms with Crippen molar-refractivity contribution in [3.05, 3.63) is 29.3 Å². The summed E-state index contributed by atoms with van der Waals surface area (Å²) in [7, 11) is 0.